The van der Waals surface area contributed by atoms with Gasteiger partial charge in [-0.05, 0) is 63.4 Å². The number of amides is 1. The minimum Gasteiger partial charge on any atom is -0.481 e. The average molecular weight is 395 g/mol. The Bertz CT molecular complexity index is 892. The van der Waals surface area contributed by atoms with Gasteiger partial charge in [0.2, 0.25) is 0 Å². The molecule has 2 aromatic rings. The number of nitrogens with one attached hydrogen (secondary N) is 1. The van der Waals surface area contributed by atoms with Crippen LogP contribution in [-0.2, 0) is 17.8 Å². The van der Waals surface area contributed by atoms with E-state index in [2.05, 4.69) is 17.2 Å². The number of benzene rings is 1. The maximum atomic E-state index is 12.9. The molecule has 2 aliphatic heterocycles. The topological polar surface area (TPSA) is 67.3 Å². The van der Waals surface area contributed by atoms with Crippen LogP contribution in [0, 0.1) is 13.8 Å². The molecule has 0 radical (unpaired) electrons. The minimum atomic E-state index is -0.521. The number of rotatable bonds is 4. The Kier molecular flexibility index (Phi) is 5.81. The molecular formula is C23H30N4O2. The molecule has 1 N–H and O–H groups in total. The highest BCUT2D eigenvalue weighted by molar-refractivity contribution is 5.81. The SMILES string of the molecule is Cc1ccc(O[C@H](C)C(=O)N2CCc3nc([C@@H]4CCCNC4)ncc3C2)cc1C. The first-order chi connectivity index (χ1) is 14.0. The van der Waals surface area contributed by atoms with Gasteiger partial charge in [0.1, 0.15) is 11.6 Å². The molecule has 0 saturated carbocycles. The van der Waals surface area contributed by atoms with Crippen molar-refractivity contribution < 1.29 is 9.53 Å². The van der Waals surface area contributed by atoms with Crippen molar-refractivity contribution in [3.63, 3.8) is 0 Å². The highest BCUT2D eigenvalue weighted by Gasteiger charge is 2.28. The van der Waals surface area contributed by atoms with Crippen molar-refractivity contribution in [3.8, 4) is 5.75 Å². The lowest BCUT2D eigenvalue weighted by Gasteiger charge is -2.31. The third-order valence-electron chi connectivity index (χ3n) is 6.07. The Morgan fingerprint density at radius 1 is 1.31 bits per heavy atom. The summed E-state index contributed by atoms with van der Waals surface area (Å²) in [6.45, 7) is 9.20. The highest BCUT2D eigenvalue weighted by Crippen LogP contribution is 2.24. The molecule has 154 valence electrons. The van der Waals surface area contributed by atoms with Crippen molar-refractivity contribution in [2.24, 2.45) is 0 Å². The van der Waals surface area contributed by atoms with Crippen molar-refractivity contribution >= 4 is 5.91 Å². The van der Waals surface area contributed by atoms with Gasteiger partial charge in [-0.15, -0.1) is 0 Å². The summed E-state index contributed by atoms with van der Waals surface area (Å²) in [7, 11) is 0. The zero-order valence-corrected chi connectivity index (χ0v) is 17.6. The summed E-state index contributed by atoms with van der Waals surface area (Å²) in [5.41, 5.74) is 4.52. The Morgan fingerprint density at radius 2 is 2.17 bits per heavy atom. The largest absolute Gasteiger partial charge is 0.481 e. The van der Waals surface area contributed by atoms with Gasteiger partial charge in [-0.1, -0.05) is 6.07 Å². The van der Waals surface area contributed by atoms with Crippen molar-refractivity contribution in [2.45, 2.75) is 58.6 Å². The van der Waals surface area contributed by atoms with E-state index in [-0.39, 0.29) is 5.91 Å². The molecule has 1 aromatic carbocycles. The third kappa shape index (κ3) is 4.42. The first kappa shape index (κ1) is 19.8. The van der Waals surface area contributed by atoms with Crippen molar-refractivity contribution in [2.75, 3.05) is 19.6 Å². The van der Waals surface area contributed by atoms with Gasteiger partial charge in [0.25, 0.3) is 5.91 Å². The molecule has 0 aliphatic carbocycles. The maximum absolute atomic E-state index is 12.9. The average Bonchev–Trinajstić information content (AvgIpc) is 2.75. The van der Waals surface area contributed by atoms with Gasteiger partial charge in [-0.3, -0.25) is 4.79 Å². The lowest BCUT2D eigenvalue weighted by atomic mass is 9.98. The Balaban J connectivity index is 1.40. The second-order valence-corrected chi connectivity index (χ2v) is 8.26. The number of aryl methyl sites for hydroxylation is 2. The molecule has 2 aliphatic rings. The van der Waals surface area contributed by atoms with Crippen LogP contribution in [-0.4, -0.2) is 46.5 Å². The number of carbonyl (C=O) groups is 1. The molecule has 0 unspecified atom stereocenters. The van der Waals surface area contributed by atoms with Crippen LogP contribution in [0.15, 0.2) is 24.4 Å². The summed E-state index contributed by atoms with van der Waals surface area (Å²) in [5, 5.41) is 3.43. The zero-order valence-electron chi connectivity index (χ0n) is 17.6. The van der Waals surface area contributed by atoms with Crippen LogP contribution >= 0.6 is 0 Å². The van der Waals surface area contributed by atoms with Crippen LogP contribution in [0.25, 0.3) is 0 Å². The first-order valence-electron chi connectivity index (χ1n) is 10.6. The predicted octanol–water partition coefficient (Wildman–Crippen LogP) is 2.91. The predicted molar refractivity (Wildman–Crippen MR) is 112 cm³/mol. The molecule has 6 nitrogen and oxygen atoms in total. The second kappa shape index (κ2) is 8.49. The fraction of sp³-hybridized carbons (Fsp3) is 0.522. The van der Waals surface area contributed by atoms with E-state index in [0.717, 1.165) is 54.3 Å². The normalized spacial score (nSPS) is 20.1. The fourth-order valence-corrected chi connectivity index (χ4v) is 4.09. The molecule has 0 spiro atoms. The minimum absolute atomic E-state index is 0.00874. The molecule has 3 heterocycles. The quantitative estimate of drug-likeness (QED) is 0.864. The van der Waals surface area contributed by atoms with E-state index in [0.29, 0.717) is 19.0 Å². The number of hydrogen-bond donors (Lipinski definition) is 1. The standard InChI is InChI=1S/C23H30N4O2/c1-15-6-7-20(11-16(15)2)29-17(3)23(28)27-10-8-21-19(14-27)13-25-22(26-21)18-5-4-9-24-12-18/h6-7,11,13,17-18,24H,4-5,8-10,12,14H2,1-3H3/t17-,18-/m1/s1. The molecule has 6 heteroatoms. The number of hydrogen-bond acceptors (Lipinski definition) is 5. The van der Waals surface area contributed by atoms with Gasteiger partial charge < -0.3 is 15.0 Å². The maximum Gasteiger partial charge on any atom is 0.263 e. The lowest BCUT2D eigenvalue weighted by Crippen LogP contribution is -2.43. The smallest absolute Gasteiger partial charge is 0.263 e. The highest BCUT2D eigenvalue weighted by atomic mass is 16.5. The van der Waals surface area contributed by atoms with Crippen LogP contribution in [0.3, 0.4) is 0 Å². The zero-order chi connectivity index (χ0) is 20.4. The Labute approximate surface area is 172 Å². The molecule has 0 bridgehead atoms. The monoisotopic (exact) mass is 394 g/mol. The molecule has 29 heavy (non-hydrogen) atoms. The summed E-state index contributed by atoms with van der Waals surface area (Å²) in [6, 6.07) is 5.93. The molecule has 1 saturated heterocycles. The number of aromatic nitrogens is 2. The fourth-order valence-electron chi connectivity index (χ4n) is 4.09. The van der Waals surface area contributed by atoms with Gasteiger partial charge in [0.05, 0.1) is 5.69 Å². The van der Waals surface area contributed by atoms with E-state index in [4.69, 9.17) is 9.72 Å². The van der Waals surface area contributed by atoms with Gasteiger partial charge in [0, 0.05) is 43.7 Å². The molecule has 2 atom stereocenters. The van der Waals surface area contributed by atoms with Crippen LogP contribution in [0.1, 0.15) is 53.9 Å². The van der Waals surface area contributed by atoms with E-state index in [1.165, 1.54) is 12.0 Å². The Hall–Kier alpha value is -2.47. The van der Waals surface area contributed by atoms with Crippen LogP contribution in [0.5, 0.6) is 5.75 Å². The van der Waals surface area contributed by atoms with E-state index in [9.17, 15) is 4.79 Å². The lowest BCUT2D eigenvalue weighted by molar-refractivity contribution is -0.138. The number of nitrogens with zero attached hydrogens (tertiary/aromatic N) is 3. The number of carbonyl (C=O) groups excluding carboxylic acids is 1. The van der Waals surface area contributed by atoms with Crippen LogP contribution < -0.4 is 10.1 Å². The number of piperidine rings is 1. The molecule has 1 aromatic heterocycles. The molecule has 4 rings (SSSR count). The number of ether oxygens (including phenoxy) is 1. The van der Waals surface area contributed by atoms with Gasteiger partial charge in [-0.25, -0.2) is 9.97 Å². The summed E-state index contributed by atoms with van der Waals surface area (Å²) >= 11 is 0. The van der Waals surface area contributed by atoms with Crippen LogP contribution in [0.4, 0.5) is 0 Å². The number of fused-ring (bicyclic) bond motifs is 1. The van der Waals surface area contributed by atoms with E-state index < -0.39 is 6.10 Å². The summed E-state index contributed by atoms with van der Waals surface area (Å²) < 4.78 is 5.92. The van der Waals surface area contributed by atoms with Crippen molar-refractivity contribution in [1.29, 1.82) is 0 Å². The molecule has 1 fully saturated rings. The summed E-state index contributed by atoms with van der Waals surface area (Å²) in [4.78, 5) is 24.3. The van der Waals surface area contributed by atoms with Crippen LogP contribution in [0.2, 0.25) is 0 Å². The third-order valence-corrected chi connectivity index (χ3v) is 6.07. The second-order valence-electron chi connectivity index (χ2n) is 8.26. The first-order valence-corrected chi connectivity index (χ1v) is 10.6. The van der Waals surface area contributed by atoms with Crippen molar-refractivity contribution in [1.82, 2.24) is 20.2 Å². The Morgan fingerprint density at radius 3 is 2.93 bits per heavy atom. The van der Waals surface area contributed by atoms with Gasteiger partial charge in [0.15, 0.2) is 6.10 Å². The van der Waals surface area contributed by atoms with Gasteiger partial charge >= 0.3 is 0 Å². The molecule has 1 amide bonds. The van der Waals surface area contributed by atoms with Gasteiger partial charge in [-0.2, -0.15) is 0 Å². The van der Waals surface area contributed by atoms with E-state index >= 15 is 0 Å². The molecular weight excluding hydrogens is 364 g/mol. The van der Waals surface area contributed by atoms with E-state index in [1.807, 2.05) is 43.1 Å². The van der Waals surface area contributed by atoms with Crippen molar-refractivity contribution in [3.05, 3.63) is 52.6 Å². The van der Waals surface area contributed by atoms with E-state index in [1.54, 1.807) is 0 Å². The summed E-state index contributed by atoms with van der Waals surface area (Å²) in [5.74, 6) is 2.09. The summed E-state index contributed by atoms with van der Waals surface area (Å²) in [6.07, 6.45) is 4.48.